The molecule has 128 valence electrons. The van der Waals surface area contributed by atoms with Gasteiger partial charge in [-0.25, -0.2) is 4.79 Å². The molecular weight excluding hydrogens is 304 g/mol. The topological polar surface area (TPSA) is 56.5 Å². The predicted molar refractivity (Wildman–Crippen MR) is 93.7 cm³/mol. The van der Waals surface area contributed by atoms with Crippen molar-refractivity contribution in [1.82, 2.24) is 0 Å². The Morgan fingerprint density at radius 1 is 1.25 bits per heavy atom. The summed E-state index contributed by atoms with van der Waals surface area (Å²) in [4.78, 5) is 23.9. The van der Waals surface area contributed by atoms with E-state index in [1.54, 1.807) is 6.07 Å². The third-order valence-electron chi connectivity index (χ3n) is 4.76. The first kappa shape index (κ1) is 16.7. The fraction of sp³-hybridized carbons (Fsp3) is 0.500. The minimum atomic E-state index is -0.370. The number of ether oxygens (including phenoxy) is 1. The second-order valence-electron chi connectivity index (χ2n) is 6.58. The molecule has 0 amide bonds. The molecule has 4 heteroatoms. The van der Waals surface area contributed by atoms with Crippen LogP contribution in [0.2, 0.25) is 0 Å². The van der Waals surface area contributed by atoms with Crippen LogP contribution in [0.4, 0.5) is 0 Å². The van der Waals surface area contributed by atoms with Gasteiger partial charge < -0.3 is 9.15 Å². The van der Waals surface area contributed by atoms with Crippen LogP contribution in [0.1, 0.15) is 56.6 Å². The summed E-state index contributed by atoms with van der Waals surface area (Å²) in [5.74, 6) is 0.803. The lowest BCUT2D eigenvalue weighted by Gasteiger charge is -2.23. The van der Waals surface area contributed by atoms with Crippen molar-refractivity contribution in [3.63, 3.8) is 0 Å². The van der Waals surface area contributed by atoms with Crippen molar-refractivity contribution < 1.29 is 13.9 Å². The van der Waals surface area contributed by atoms with Crippen LogP contribution in [0.3, 0.4) is 0 Å². The Bertz CT molecular complexity index is 803. The van der Waals surface area contributed by atoms with Crippen LogP contribution >= 0.6 is 0 Å². The molecule has 1 saturated carbocycles. The second kappa shape index (κ2) is 7.20. The summed E-state index contributed by atoms with van der Waals surface area (Å²) in [5.41, 5.74) is 2.06. The van der Waals surface area contributed by atoms with Gasteiger partial charge in [-0.2, -0.15) is 0 Å². The van der Waals surface area contributed by atoms with Gasteiger partial charge in [-0.15, -0.1) is 0 Å². The van der Waals surface area contributed by atoms with Crippen LogP contribution in [0.25, 0.3) is 11.0 Å². The van der Waals surface area contributed by atoms with Crippen LogP contribution in [-0.2, 0) is 11.2 Å². The molecule has 0 radical (unpaired) electrons. The Morgan fingerprint density at radius 3 is 2.83 bits per heavy atom. The van der Waals surface area contributed by atoms with Crippen molar-refractivity contribution in [2.75, 3.05) is 0 Å². The van der Waals surface area contributed by atoms with E-state index in [1.165, 1.54) is 0 Å². The van der Waals surface area contributed by atoms with Crippen LogP contribution in [0.15, 0.2) is 27.4 Å². The number of Topliss-reactive ketones (excluding diaryl/α,β-unsaturated/α-hetero) is 1. The molecule has 3 rings (SSSR count). The quantitative estimate of drug-likeness (QED) is 0.766. The predicted octanol–water partition coefficient (Wildman–Crippen LogP) is 4.33. The monoisotopic (exact) mass is 328 g/mol. The number of benzene rings is 1. The molecule has 0 spiro atoms. The minimum Gasteiger partial charge on any atom is -0.482 e. The van der Waals surface area contributed by atoms with Gasteiger partial charge in [-0.1, -0.05) is 13.3 Å². The Hall–Kier alpha value is -2.10. The van der Waals surface area contributed by atoms with Gasteiger partial charge in [0.25, 0.3) is 0 Å². The molecule has 1 fully saturated rings. The molecule has 0 bridgehead atoms. The highest BCUT2D eigenvalue weighted by atomic mass is 16.5. The highest BCUT2D eigenvalue weighted by molar-refractivity contribution is 5.86. The third-order valence-corrected chi connectivity index (χ3v) is 4.76. The maximum absolute atomic E-state index is 12.0. The molecule has 0 saturated heterocycles. The summed E-state index contributed by atoms with van der Waals surface area (Å²) >= 11 is 0. The first-order valence-electron chi connectivity index (χ1n) is 8.86. The maximum Gasteiger partial charge on any atom is 0.336 e. The van der Waals surface area contributed by atoms with Gasteiger partial charge in [0.05, 0.1) is 0 Å². The van der Waals surface area contributed by atoms with E-state index in [0.717, 1.165) is 55.0 Å². The lowest BCUT2D eigenvalue weighted by Crippen LogP contribution is -2.30. The number of rotatable bonds is 5. The van der Waals surface area contributed by atoms with Gasteiger partial charge in [0.2, 0.25) is 0 Å². The number of carbonyl (C=O) groups excluding carboxylic acids is 1. The highest BCUT2D eigenvalue weighted by Crippen LogP contribution is 2.31. The fourth-order valence-electron chi connectivity index (χ4n) is 3.34. The molecular formula is C20H24O4. The molecule has 2 aromatic rings. The average Bonchev–Trinajstić information content (AvgIpc) is 2.57. The lowest BCUT2D eigenvalue weighted by molar-refractivity contribution is -0.127. The molecule has 1 atom stereocenters. The normalized spacial score (nSPS) is 18.1. The van der Waals surface area contributed by atoms with Crippen LogP contribution in [0.5, 0.6) is 5.75 Å². The number of ketones is 1. The first-order chi connectivity index (χ1) is 11.6. The zero-order chi connectivity index (χ0) is 17.1. The number of unbranched alkanes of at least 4 members (excludes halogenated alkanes) is 1. The molecule has 1 aliphatic rings. The van der Waals surface area contributed by atoms with Gasteiger partial charge in [0.15, 0.2) is 11.9 Å². The average molecular weight is 328 g/mol. The summed E-state index contributed by atoms with van der Waals surface area (Å²) < 4.78 is 11.4. The number of hydrogen-bond acceptors (Lipinski definition) is 4. The van der Waals surface area contributed by atoms with Crippen LogP contribution in [0, 0.1) is 6.92 Å². The zero-order valence-corrected chi connectivity index (χ0v) is 14.4. The Morgan fingerprint density at radius 2 is 2.08 bits per heavy atom. The van der Waals surface area contributed by atoms with Crippen molar-refractivity contribution in [3.8, 4) is 5.75 Å². The Balaban J connectivity index is 1.98. The Kier molecular flexibility index (Phi) is 5.03. The molecule has 0 aliphatic heterocycles. The molecule has 0 N–H and O–H groups in total. The van der Waals surface area contributed by atoms with Crippen molar-refractivity contribution in [2.45, 2.75) is 64.9 Å². The SMILES string of the molecule is CCCCc1cc(=O)oc2c(C)c(OC3CCCCC3=O)ccc12. The molecule has 1 aromatic carbocycles. The van der Waals surface area contributed by atoms with E-state index < -0.39 is 0 Å². The van der Waals surface area contributed by atoms with E-state index >= 15 is 0 Å². The van der Waals surface area contributed by atoms with Crippen molar-refractivity contribution in [3.05, 3.63) is 39.7 Å². The summed E-state index contributed by atoms with van der Waals surface area (Å²) in [7, 11) is 0. The van der Waals surface area contributed by atoms with Crippen LogP contribution in [-0.4, -0.2) is 11.9 Å². The van der Waals surface area contributed by atoms with Crippen molar-refractivity contribution in [2.24, 2.45) is 0 Å². The molecule has 1 aliphatic carbocycles. The maximum atomic E-state index is 12.0. The summed E-state index contributed by atoms with van der Waals surface area (Å²) in [6, 6.07) is 5.43. The van der Waals surface area contributed by atoms with Gasteiger partial charge in [-0.05, 0) is 56.7 Å². The van der Waals surface area contributed by atoms with E-state index in [1.807, 2.05) is 19.1 Å². The fourth-order valence-corrected chi connectivity index (χ4v) is 3.34. The second-order valence-corrected chi connectivity index (χ2v) is 6.58. The summed E-state index contributed by atoms with van der Waals surface area (Å²) in [6.07, 6.45) is 5.91. The zero-order valence-electron chi connectivity index (χ0n) is 14.4. The molecule has 1 aromatic heterocycles. The third kappa shape index (κ3) is 3.37. The van der Waals surface area contributed by atoms with Gasteiger partial charge in [-0.3, -0.25) is 4.79 Å². The summed E-state index contributed by atoms with van der Waals surface area (Å²) in [5, 5.41) is 0.961. The molecule has 4 nitrogen and oxygen atoms in total. The van der Waals surface area contributed by atoms with Crippen molar-refractivity contribution >= 4 is 16.8 Å². The largest absolute Gasteiger partial charge is 0.482 e. The van der Waals surface area contributed by atoms with E-state index in [4.69, 9.17) is 9.15 Å². The lowest BCUT2D eigenvalue weighted by atomic mass is 9.96. The van der Waals surface area contributed by atoms with E-state index in [2.05, 4.69) is 6.92 Å². The number of aryl methyl sites for hydroxylation is 2. The molecule has 1 heterocycles. The Labute approximate surface area is 141 Å². The summed E-state index contributed by atoms with van der Waals surface area (Å²) in [6.45, 7) is 4.02. The van der Waals surface area contributed by atoms with E-state index in [-0.39, 0.29) is 17.5 Å². The van der Waals surface area contributed by atoms with E-state index in [9.17, 15) is 9.59 Å². The minimum absolute atomic E-state index is 0.166. The van der Waals surface area contributed by atoms with Crippen molar-refractivity contribution in [1.29, 1.82) is 0 Å². The van der Waals surface area contributed by atoms with Gasteiger partial charge in [0.1, 0.15) is 11.3 Å². The standard InChI is InChI=1S/C20H24O4/c1-3-4-7-14-12-19(22)24-20-13(2)17(11-10-15(14)20)23-18-9-6-5-8-16(18)21/h10-12,18H,3-9H2,1-2H3. The molecule has 24 heavy (non-hydrogen) atoms. The highest BCUT2D eigenvalue weighted by Gasteiger charge is 2.25. The van der Waals surface area contributed by atoms with Crippen LogP contribution < -0.4 is 10.4 Å². The number of carbonyl (C=O) groups is 1. The first-order valence-corrected chi connectivity index (χ1v) is 8.86. The molecule has 1 unspecified atom stereocenters. The van der Waals surface area contributed by atoms with E-state index in [0.29, 0.717) is 17.8 Å². The van der Waals surface area contributed by atoms with Gasteiger partial charge >= 0.3 is 5.63 Å². The van der Waals surface area contributed by atoms with Gasteiger partial charge in [0, 0.05) is 23.4 Å². The number of hydrogen-bond donors (Lipinski definition) is 0. The number of fused-ring (bicyclic) bond motifs is 1. The smallest absolute Gasteiger partial charge is 0.336 e.